The Morgan fingerprint density at radius 3 is 2.44 bits per heavy atom. The first-order valence-corrected chi connectivity index (χ1v) is 6.31. The van der Waals surface area contributed by atoms with Crippen LogP contribution >= 0.6 is 35.6 Å². The third-order valence-corrected chi connectivity index (χ3v) is 3.30. The molecular formula is C12H17Cl3FNO. The molecule has 2 nitrogen and oxygen atoms in total. The molecule has 1 aromatic carbocycles. The van der Waals surface area contributed by atoms with Gasteiger partial charge in [0.1, 0.15) is 5.82 Å². The first kappa shape index (κ1) is 17.9. The quantitative estimate of drug-likeness (QED) is 0.803. The normalized spacial score (nSPS) is 13.9. The number of benzene rings is 1. The predicted octanol–water partition coefficient (Wildman–Crippen LogP) is 4.11. The van der Waals surface area contributed by atoms with Crippen LogP contribution in [0.3, 0.4) is 0 Å². The number of halogens is 4. The minimum Gasteiger partial charge on any atom is -0.391 e. The first-order valence-electron chi connectivity index (χ1n) is 5.56. The molecule has 0 spiro atoms. The van der Waals surface area contributed by atoms with Crippen molar-refractivity contribution in [2.45, 2.75) is 38.3 Å². The smallest absolute Gasteiger partial charge is 0.148 e. The lowest BCUT2D eigenvalue weighted by molar-refractivity contribution is 0.131. The van der Waals surface area contributed by atoms with Gasteiger partial charge in [0, 0.05) is 10.6 Å². The van der Waals surface area contributed by atoms with E-state index in [1.165, 1.54) is 12.1 Å². The van der Waals surface area contributed by atoms with Crippen LogP contribution in [0.1, 0.15) is 37.8 Å². The maximum Gasteiger partial charge on any atom is 0.148 e. The van der Waals surface area contributed by atoms with Crippen molar-refractivity contribution in [2.75, 3.05) is 0 Å². The van der Waals surface area contributed by atoms with Gasteiger partial charge in [-0.3, -0.25) is 0 Å². The molecule has 0 fully saturated rings. The van der Waals surface area contributed by atoms with Crippen LogP contribution in [0.5, 0.6) is 0 Å². The van der Waals surface area contributed by atoms with Gasteiger partial charge in [0.2, 0.25) is 0 Å². The van der Waals surface area contributed by atoms with E-state index in [1.807, 2.05) is 6.92 Å². The van der Waals surface area contributed by atoms with Gasteiger partial charge in [-0.2, -0.15) is 0 Å². The van der Waals surface area contributed by atoms with Gasteiger partial charge in [0.25, 0.3) is 0 Å². The molecule has 0 aliphatic carbocycles. The highest BCUT2D eigenvalue weighted by atomic mass is 35.5. The van der Waals surface area contributed by atoms with Crippen LogP contribution in [0, 0.1) is 5.82 Å². The average molecular weight is 317 g/mol. The van der Waals surface area contributed by atoms with E-state index in [2.05, 4.69) is 0 Å². The summed E-state index contributed by atoms with van der Waals surface area (Å²) < 4.78 is 13.8. The summed E-state index contributed by atoms with van der Waals surface area (Å²) >= 11 is 11.6. The van der Waals surface area contributed by atoms with Crippen LogP contribution in [-0.4, -0.2) is 11.2 Å². The fraction of sp³-hybridized carbons (Fsp3) is 0.500. The van der Waals surface area contributed by atoms with E-state index in [9.17, 15) is 9.50 Å². The molecule has 0 saturated heterocycles. The van der Waals surface area contributed by atoms with Gasteiger partial charge in [-0.25, -0.2) is 4.39 Å². The van der Waals surface area contributed by atoms with Gasteiger partial charge in [0.15, 0.2) is 0 Å². The van der Waals surface area contributed by atoms with Gasteiger partial charge < -0.3 is 10.8 Å². The van der Waals surface area contributed by atoms with Crippen molar-refractivity contribution in [3.8, 4) is 0 Å². The molecule has 0 bridgehead atoms. The minimum atomic E-state index is -0.854. The number of aliphatic hydroxyl groups is 1. The number of hydrogen-bond donors (Lipinski definition) is 2. The van der Waals surface area contributed by atoms with Gasteiger partial charge in [-0.05, 0) is 18.6 Å². The Morgan fingerprint density at radius 1 is 1.33 bits per heavy atom. The molecule has 0 amide bonds. The lowest BCUT2D eigenvalue weighted by atomic mass is 9.98. The summed E-state index contributed by atoms with van der Waals surface area (Å²) in [5.74, 6) is -0.651. The van der Waals surface area contributed by atoms with Crippen LogP contribution < -0.4 is 5.73 Å². The minimum absolute atomic E-state index is 0. The summed E-state index contributed by atoms with van der Waals surface area (Å²) in [5.41, 5.74) is 5.90. The van der Waals surface area contributed by atoms with E-state index in [0.29, 0.717) is 6.42 Å². The molecular weight excluding hydrogens is 299 g/mol. The highest BCUT2D eigenvalue weighted by molar-refractivity contribution is 6.33. The Bertz CT molecular complexity index is 390. The second-order valence-corrected chi connectivity index (χ2v) is 4.81. The molecule has 0 radical (unpaired) electrons. The summed E-state index contributed by atoms with van der Waals surface area (Å²) in [5, 5.41) is 10.00. The van der Waals surface area contributed by atoms with Crippen molar-refractivity contribution in [1.29, 1.82) is 0 Å². The molecule has 6 heteroatoms. The largest absolute Gasteiger partial charge is 0.391 e. The Balaban J connectivity index is 0.00000289. The Hall–Kier alpha value is -0.0600. The highest BCUT2D eigenvalue weighted by Crippen LogP contribution is 2.31. The number of unbranched alkanes of at least 4 members (excludes halogenated alkanes) is 1. The summed E-state index contributed by atoms with van der Waals surface area (Å²) in [6.07, 6.45) is 1.46. The van der Waals surface area contributed by atoms with Crippen LogP contribution in [0.2, 0.25) is 10.0 Å². The summed E-state index contributed by atoms with van der Waals surface area (Å²) in [6, 6.07) is 2.00. The molecule has 0 heterocycles. The number of aliphatic hydroxyl groups excluding tert-OH is 1. The van der Waals surface area contributed by atoms with E-state index in [-0.39, 0.29) is 28.0 Å². The molecule has 2 atom stereocenters. The standard InChI is InChI=1S/C12H16Cl2FNO.ClH/c1-2-3-4-9(17)12(16)10-7(13)5-6-8(14)11(10)15;/h5-6,9,12,17H,2-4,16H2,1H3;1H/t9-,12-;/m1./s1. The fourth-order valence-electron chi connectivity index (χ4n) is 1.63. The van der Waals surface area contributed by atoms with Crippen molar-refractivity contribution in [3.63, 3.8) is 0 Å². The fourth-order valence-corrected chi connectivity index (χ4v) is 2.07. The van der Waals surface area contributed by atoms with E-state index < -0.39 is 18.0 Å². The van der Waals surface area contributed by atoms with Crippen LogP contribution in [0.25, 0.3) is 0 Å². The topological polar surface area (TPSA) is 46.2 Å². The third kappa shape index (κ3) is 4.25. The van der Waals surface area contributed by atoms with E-state index in [4.69, 9.17) is 28.9 Å². The molecule has 1 aromatic rings. The summed E-state index contributed by atoms with van der Waals surface area (Å²) in [7, 11) is 0. The Kier molecular flexibility index (Phi) is 8.15. The second-order valence-electron chi connectivity index (χ2n) is 3.99. The zero-order valence-electron chi connectivity index (χ0n) is 10.00. The molecule has 3 N–H and O–H groups in total. The SMILES string of the molecule is CCCC[C@@H](O)[C@@H](N)c1c(Cl)ccc(Cl)c1F.Cl. The van der Waals surface area contributed by atoms with Crippen molar-refractivity contribution < 1.29 is 9.50 Å². The molecule has 0 unspecified atom stereocenters. The van der Waals surface area contributed by atoms with Crippen LogP contribution in [0.4, 0.5) is 4.39 Å². The molecule has 104 valence electrons. The zero-order chi connectivity index (χ0) is 13.0. The second kappa shape index (κ2) is 8.18. The first-order chi connectivity index (χ1) is 7.99. The summed E-state index contributed by atoms with van der Waals surface area (Å²) in [6.45, 7) is 2.01. The maximum atomic E-state index is 13.8. The third-order valence-electron chi connectivity index (χ3n) is 2.68. The van der Waals surface area contributed by atoms with Crippen molar-refractivity contribution in [1.82, 2.24) is 0 Å². The monoisotopic (exact) mass is 315 g/mol. The molecule has 0 aromatic heterocycles. The number of hydrogen-bond acceptors (Lipinski definition) is 2. The lowest BCUT2D eigenvalue weighted by Crippen LogP contribution is -2.27. The van der Waals surface area contributed by atoms with Gasteiger partial charge in [-0.1, -0.05) is 43.0 Å². The average Bonchev–Trinajstić information content (AvgIpc) is 2.31. The Labute approximate surface area is 123 Å². The highest BCUT2D eigenvalue weighted by Gasteiger charge is 2.23. The molecule has 0 aliphatic heterocycles. The molecule has 1 rings (SSSR count). The van der Waals surface area contributed by atoms with Gasteiger partial charge in [-0.15, -0.1) is 12.4 Å². The zero-order valence-corrected chi connectivity index (χ0v) is 12.3. The van der Waals surface area contributed by atoms with E-state index in [1.54, 1.807) is 0 Å². The van der Waals surface area contributed by atoms with Crippen molar-refractivity contribution in [2.24, 2.45) is 5.73 Å². The molecule has 0 aliphatic rings. The lowest BCUT2D eigenvalue weighted by Gasteiger charge is -2.21. The van der Waals surface area contributed by atoms with Gasteiger partial charge >= 0.3 is 0 Å². The van der Waals surface area contributed by atoms with E-state index in [0.717, 1.165) is 12.8 Å². The molecule has 0 saturated carbocycles. The van der Waals surface area contributed by atoms with Crippen LogP contribution in [0.15, 0.2) is 12.1 Å². The van der Waals surface area contributed by atoms with Crippen molar-refractivity contribution in [3.05, 3.63) is 33.6 Å². The Morgan fingerprint density at radius 2 is 1.89 bits per heavy atom. The number of nitrogens with two attached hydrogens (primary N) is 1. The van der Waals surface area contributed by atoms with Gasteiger partial charge in [0.05, 0.1) is 17.2 Å². The molecule has 18 heavy (non-hydrogen) atoms. The predicted molar refractivity (Wildman–Crippen MR) is 76.1 cm³/mol. The number of rotatable bonds is 5. The maximum absolute atomic E-state index is 13.8. The van der Waals surface area contributed by atoms with Crippen molar-refractivity contribution >= 4 is 35.6 Å². The van der Waals surface area contributed by atoms with Crippen LogP contribution in [-0.2, 0) is 0 Å². The summed E-state index contributed by atoms with van der Waals surface area (Å²) in [4.78, 5) is 0. The van der Waals surface area contributed by atoms with E-state index >= 15 is 0 Å².